The number of guanidine groups is 1. The third kappa shape index (κ3) is 3.23. The SMILES string of the molecule is CC#Cc1cncc(-c2sc([C@]3(C)CC(=O)N(C)C(=N)N3)cc2CC)c1. The summed E-state index contributed by atoms with van der Waals surface area (Å²) < 4.78 is 0. The van der Waals surface area contributed by atoms with Crippen molar-refractivity contribution in [2.45, 2.75) is 39.2 Å². The fraction of sp³-hybridized carbons (Fsp3) is 0.350. The van der Waals surface area contributed by atoms with Gasteiger partial charge >= 0.3 is 0 Å². The van der Waals surface area contributed by atoms with E-state index in [4.69, 9.17) is 5.41 Å². The minimum Gasteiger partial charge on any atom is -0.345 e. The van der Waals surface area contributed by atoms with Crippen molar-refractivity contribution < 1.29 is 4.79 Å². The van der Waals surface area contributed by atoms with Crippen molar-refractivity contribution in [3.8, 4) is 22.3 Å². The molecule has 2 aromatic rings. The number of rotatable bonds is 3. The number of aromatic nitrogens is 1. The minimum absolute atomic E-state index is 0.0499. The molecule has 1 aliphatic rings. The van der Waals surface area contributed by atoms with E-state index in [1.165, 1.54) is 10.5 Å². The van der Waals surface area contributed by atoms with Gasteiger partial charge in [0.1, 0.15) is 0 Å². The minimum atomic E-state index is -0.568. The Morgan fingerprint density at radius 1 is 1.42 bits per heavy atom. The standard InChI is InChI=1S/C20H22N4OS/c1-5-7-13-8-15(12-22-11-13)18-14(6-2)9-16(26-18)20(3)10-17(25)24(4)19(21)23-20/h8-9,11-12H,6,10H2,1-4H3,(H2,21,23)/t20-/m0/s1. The zero-order chi connectivity index (χ0) is 18.9. The van der Waals surface area contributed by atoms with Crippen LogP contribution in [0.4, 0.5) is 0 Å². The first-order valence-corrected chi connectivity index (χ1v) is 9.34. The van der Waals surface area contributed by atoms with Crippen LogP contribution in [0, 0.1) is 17.3 Å². The van der Waals surface area contributed by atoms with E-state index in [0.717, 1.165) is 27.3 Å². The summed E-state index contributed by atoms with van der Waals surface area (Å²) >= 11 is 1.66. The summed E-state index contributed by atoms with van der Waals surface area (Å²) in [6.45, 7) is 5.92. The molecule has 1 saturated heterocycles. The molecular formula is C20H22N4OS. The number of carbonyl (C=O) groups excluding carboxylic acids is 1. The lowest BCUT2D eigenvalue weighted by Crippen LogP contribution is -2.57. The fourth-order valence-electron chi connectivity index (χ4n) is 3.07. The van der Waals surface area contributed by atoms with Gasteiger partial charge < -0.3 is 5.32 Å². The van der Waals surface area contributed by atoms with Crippen molar-refractivity contribution in [3.05, 3.63) is 40.5 Å². The van der Waals surface area contributed by atoms with Gasteiger partial charge in [0.2, 0.25) is 5.91 Å². The summed E-state index contributed by atoms with van der Waals surface area (Å²) in [4.78, 5) is 20.1. The molecule has 2 N–H and O–H groups in total. The molecule has 0 saturated carbocycles. The summed E-state index contributed by atoms with van der Waals surface area (Å²) in [5.74, 6) is 6.04. The Hall–Kier alpha value is -2.65. The van der Waals surface area contributed by atoms with Crippen LogP contribution in [0.15, 0.2) is 24.5 Å². The molecule has 0 aromatic carbocycles. The van der Waals surface area contributed by atoms with E-state index >= 15 is 0 Å². The molecule has 1 amide bonds. The maximum absolute atomic E-state index is 12.3. The van der Waals surface area contributed by atoms with Crippen molar-refractivity contribution in [1.29, 1.82) is 5.41 Å². The third-order valence-electron chi connectivity index (χ3n) is 4.61. The Kier molecular flexibility index (Phi) is 4.84. The lowest BCUT2D eigenvalue weighted by molar-refractivity contribution is -0.129. The van der Waals surface area contributed by atoms with Crippen molar-refractivity contribution >= 4 is 23.2 Å². The van der Waals surface area contributed by atoms with E-state index in [1.807, 2.05) is 20.0 Å². The maximum atomic E-state index is 12.3. The van der Waals surface area contributed by atoms with Gasteiger partial charge in [0.15, 0.2) is 5.96 Å². The highest BCUT2D eigenvalue weighted by atomic mass is 32.1. The van der Waals surface area contributed by atoms with Gasteiger partial charge in [-0.1, -0.05) is 12.8 Å². The predicted octanol–water partition coefficient (Wildman–Crippen LogP) is 3.35. The number of pyridine rings is 1. The van der Waals surface area contributed by atoms with Crippen LogP contribution >= 0.6 is 11.3 Å². The molecule has 0 radical (unpaired) electrons. The zero-order valence-corrected chi connectivity index (χ0v) is 16.3. The van der Waals surface area contributed by atoms with Gasteiger partial charge in [-0.25, -0.2) is 0 Å². The Bertz CT molecular complexity index is 917. The van der Waals surface area contributed by atoms with Crippen molar-refractivity contribution in [3.63, 3.8) is 0 Å². The van der Waals surface area contributed by atoms with E-state index in [2.05, 4.69) is 41.2 Å². The van der Waals surface area contributed by atoms with E-state index in [1.54, 1.807) is 24.6 Å². The summed E-state index contributed by atoms with van der Waals surface area (Å²) in [6.07, 6.45) is 4.83. The highest BCUT2D eigenvalue weighted by Crippen LogP contribution is 2.40. The topological polar surface area (TPSA) is 69.1 Å². The van der Waals surface area contributed by atoms with E-state index in [9.17, 15) is 4.79 Å². The van der Waals surface area contributed by atoms with Crippen LogP contribution in [0.3, 0.4) is 0 Å². The van der Waals surface area contributed by atoms with Gasteiger partial charge in [-0.3, -0.25) is 20.1 Å². The average Bonchev–Trinajstić information content (AvgIpc) is 3.05. The molecule has 1 fully saturated rings. The van der Waals surface area contributed by atoms with Gasteiger partial charge in [0.25, 0.3) is 0 Å². The first-order valence-electron chi connectivity index (χ1n) is 8.52. The number of hydrogen-bond donors (Lipinski definition) is 2. The second-order valence-electron chi connectivity index (χ2n) is 6.59. The Morgan fingerprint density at radius 3 is 2.85 bits per heavy atom. The molecule has 2 aromatic heterocycles. The smallest absolute Gasteiger partial charge is 0.231 e. The first-order chi connectivity index (χ1) is 12.4. The molecule has 6 heteroatoms. The molecule has 1 atom stereocenters. The van der Waals surface area contributed by atoms with Crippen molar-refractivity contribution in [1.82, 2.24) is 15.2 Å². The number of thiophene rings is 1. The van der Waals surface area contributed by atoms with Crippen LogP contribution < -0.4 is 5.32 Å². The fourth-order valence-corrected chi connectivity index (χ4v) is 4.40. The summed E-state index contributed by atoms with van der Waals surface area (Å²) in [5.41, 5.74) is 2.58. The number of aryl methyl sites for hydroxylation is 1. The highest BCUT2D eigenvalue weighted by molar-refractivity contribution is 7.15. The molecule has 0 unspecified atom stereocenters. The largest absolute Gasteiger partial charge is 0.345 e. The van der Waals surface area contributed by atoms with Gasteiger partial charge in [-0.2, -0.15) is 0 Å². The van der Waals surface area contributed by atoms with Gasteiger partial charge in [0.05, 0.1) is 12.0 Å². The van der Waals surface area contributed by atoms with E-state index < -0.39 is 5.54 Å². The molecular weight excluding hydrogens is 344 g/mol. The second-order valence-corrected chi connectivity index (χ2v) is 7.64. The quantitative estimate of drug-likeness (QED) is 0.819. The van der Waals surface area contributed by atoms with Gasteiger partial charge in [-0.15, -0.1) is 17.3 Å². The number of nitrogens with one attached hydrogen (secondary N) is 2. The van der Waals surface area contributed by atoms with Crippen molar-refractivity contribution in [2.75, 3.05) is 7.05 Å². The summed E-state index contributed by atoms with van der Waals surface area (Å²) in [5, 5.41) is 11.2. The predicted molar refractivity (Wildman–Crippen MR) is 105 cm³/mol. The number of nitrogens with zero attached hydrogens (tertiary/aromatic N) is 2. The molecule has 0 bridgehead atoms. The number of carbonyl (C=O) groups is 1. The first kappa shape index (κ1) is 18.2. The summed E-state index contributed by atoms with van der Waals surface area (Å²) in [6, 6.07) is 4.20. The number of hydrogen-bond acceptors (Lipinski definition) is 4. The van der Waals surface area contributed by atoms with Gasteiger partial charge in [-0.05, 0) is 38.0 Å². The Balaban J connectivity index is 2.04. The third-order valence-corrected chi connectivity index (χ3v) is 6.10. The Morgan fingerprint density at radius 2 is 2.19 bits per heavy atom. The second kappa shape index (κ2) is 6.93. The highest BCUT2D eigenvalue weighted by Gasteiger charge is 2.39. The molecule has 1 aliphatic heterocycles. The van der Waals surface area contributed by atoms with Crippen molar-refractivity contribution in [2.24, 2.45) is 0 Å². The van der Waals surface area contributed by atoms with Crippen LogP contribution in [0.5, 0.6) is 0 Å². The summed E-state index contributed by atoms with van der Waals surface area (Å²) in [7, 11) is 1.63. The maximum Gasteiger partial charge on any atom is 0.231 e. The van der Waals surface area contributed by atoms with E-state index in [0.29, 0.717) is 6.42 Å². The normalized spacial score (nSPS) is 19.8. The number of amides is 1. The van der Waals surface area contributed by atoms with Crippen LogP contribution in [0.1, 0.15) is 43.2 Å². The van der Waals surface area contributed by atoms with Crippen LogP contribution in [0.2, 0.25) is 0 Å². The molecule has 3 rings (SSSR count). The van der Waals surface area contributed by atoms with Crippen LogP contribution in [-0.4, -0.2) is 28.8 Å². The Labute approximate surface area is 158 Å². The van der Waals surface area contributed by atoms with Gasteiger partial charge in [0, 0.05) is 40.3 Å². The lowest BCUT2D eigenvalue weighted by Gasteiger charge is -2.38. The lowest BCUT2D eigenvalue weighted by atomic mass is 9.92. The molecule has 26 heavy (non-hydrogen) atoms. The zero-order valence-electron chi connectivity index (χ0n) is 15.4. The molecule has 134 valence electrons. The van der Waals surface area contributed by atoms with E-state index in [-0.39, 0.29) is 11.9 Å². The van der Waals surface area contributed by atoms with Crippen LogP contribution in [0.25, 0.3) is 10.4 Å². The molecule has 5 nitrogen and oxygen atoms in total. The average molecular weight is 366 g/mol. The molecule has 3 heterocycles. The molecule has 0 spiro atoms. The van der Waals surface area contributed by atoms with Crippen LogP contribution in [-0.2, 0) is 16.8 Å². The monoisotopic (exact) mass is 366 g/mol. The molecule has 0 aliphatic carbocycles.